The lowest BCUT2D eigenvalue weighted by molar-refractivity contribution is -0.142. The molecule has 0 radical (unpaired) electrons. The van der Waals surface area contributed by atoms with Gasteiger partial charge >= 0.3 is 0 Å². The number of carbonyl (C=O) groups is 4. The molecule has 0 saturated carbocycles. The van der Waals surface area contributed by atoms with Crippen LogP contribution in [0.5, 0.6) is 11.5 Å². The summed E-state index contributed by atoms with van der Waals surface area (Å²) >= 11 is 0. The SMILES string of the molecule is Cc1cc(O)cc(C)c1C[C@H](N)C(=O)N1Cc2ccccc2CC1C(=O)NCC/C=C/CCNC(=O)C1Cc2ccccc2CN1C(=O)[C@@H](N)Cc1c(C)cc(O)cc1C. The van der Waals surface area contributed by atoms with Crippen LogP contribution < -0.4 is 22.1 Å². The van der Waals surface area contributed by atoms with E-state index >= 15 is 0 Å². The molecule has 4 amide bonds. The lowest BCUT2D eigenvalue weighted by Crippen LogP contribution is -2.56. The molecule has 4 aromatic rings. The van der Waals surface area contributed by atoms with E-state index in [1.54, 1.807) is 34.1 Å². The van der Waals surface area contributed by atoms with Crippen molar-refractivity contribution >= 4 is 23.6 Å². The standard InChI is InChI=1S/C48H58N6O6/c1-29-19-37(55)20-30(2)39(29)25-41(49)47(59)53-27-35-15-9-7-13-33(35)23-43(53)45(57)51-17-11-5-6-12-18-52-46(58)44-24-34-14-8-10-16-36(34)28-54(44)48(60)42(50)26-40-31(3)21-38(56)22-32(40)4/h5-10,13-16,19-22,41-44,55-56H,11-12,17-18,23-28,49-50H2,1-4H3,(H,51,57)(H,52,58)/b6-5+/t41-,42-,43?,44?/m0/s1. The molecule has 8 N–H and O–H groups in total. The Morgan fingerprint density at radius 2 is 0.950 bits per heavy atom. The van der Waals surface area contributed by atoms with Crippen LogP contribution in [0.2, 0.25) is 0 Å². The van der Waals surface area contributed by atoms with Gasteiger partial charge in [0.05, 0.1) is 12.1 Å². The first-order chi connectivity index (χ1) is 28.7. The normalized spacial score (nSPS) is 17.1. The van der Waals surface area contributed by atoms with Crippen LogP contribution in [0.3, 0.4) is 0 Å². The number of nitrogens with zero attached hydrogens (tertiary/aromatic N) is 2. The molecule has 4 atom stereocenters. The highest BCUT2D eigenvalue weighted by Crippen LogP contribution is 2.28. The van der Waals surface area contributed by atoms with Crippen LogP contribution in [0.15, 0.2) is 84.9 Å². The molecule has 316 valence electrons. The van der Waals surface area contributed by atoms with Gasteiger partial charge in [-0.15, -0.1) is 0 Å². The second-order valence-electron chi connectivity index (χ2n) is 16.3. The third-order valence-electron chi connectivity index (χ3n) is 11.9. The number of benzene rings is 4. The van der Waals surface area contributed by atoms with Crippen molar-refractivity contribution in [2.45, 2.75) is 103 Å². The summed E-state index contributed by atoms with van der Waals surface area (Å²) in [5, 5.41) is 26.0. The summed E-state index contributed by atoms with van der Waals surface area (Å²) in [4.78, 5) is 58.2. The highest BCUT2D eigenvalue weighted by molar-refractivity contribution is 5.91. The highest BCUT2D eigenvalue weighted by Gasteiger charge is 2.38. The van der Waals surface area contributed by atoms with Gasteiger partial charge in [-0.05, 0) is 133 Å². The van der Waals surface area contributed by atoms with Crippen molar-refractivity contribution in [3.8, 4) is 11.5 Å². The topological polar surface area (TPSA) is 191 Å². The van der Waals surface area contributed by atoms with Gasteiger partial charge < -0.3 is 42.1 Å². The maximum atomic E-state index is 13.9. The zero-order valence-electron chi connectivity index (χ0n) is 35.0. The number of aryl methyl sites for hydroxylation is 4. The van der Waals surface area contributed by atoms with E-state index in [1.807, 2.05) is 88.4 Å². The minimum Gasteiger partial charge on any atom is -0.508 e. The third kappa shape index (κ3) is 10.2. The quantitative estimate of drug-likeness (QED) is 0.0805. The maximum Gasteiger partial charge on any atom is 0.243 e. The fourth-order valence-corrected chi connectivity index (χ4v) is 8.63. The van der Waals surface area contributed by atoms with Gasteiger partial charge in [0, 0.05) is 39.0 Å². The van der Waals surface area contributed by atoms with Gasteiger partial charge in [-0.1, -0.05) is 60.7 Å². The molecule has 2 heterocycles. The number of hydrogen-bond acceptors (Lipinski definition) is 8. The van der Waals surface area contributed by atoms with Gasteiger partial charge in [-0.3, -0.25) is 19.2 Å². The predicted molar refractivity (Wildman–Crippen MR) is 232 cm³/mol. The third-order valence-corrected chi connectivity index (χ3v) is 11.9. The Morgan fingerprint density at radius 1 is 0.617 bits per heavy atom. The molecule has 12 heteroatoms. The molecule has 6 rings (SSSR count). The molecule has 2 unspecified atom stereocenters. The molecule has 2 aliphatic rings. The molecule has 60 heavy (non-hydrogen) atoms. The lowest BCUT2D eigenvalue weighted by Gasteiger charge is -2.37. The number of aromatic hydroxyl groups is 2. The van der Waals surface area contributed by atoms with Crippen LogP contribution in [0.25, 0.3) is 0 Å². The second-order valence-corrected chi connectivity index (χ2v) is 16.3. The summed E-state index contributed by atoms with van der Waals surface area (Å²) in [6.07, 6.45) is 6.33. The number of phenolic OH excluding ortho intramolecular Hbond substituents is 2. The number of fused-ring (bicyclic) bond motifs is 2. The second kappa shape index (κ2) is 19.4. The molecule has 4 aromatic carbocycles. The van der Waals surface area contributed by atoms with Crippen molar-refractivity contribution in [2.24, 2.45) is 11.5 Å². The zero-order chi connectivity index (χ0) is 43.1. The number of amides is 4. The molecule has 12 nitrogen and oxygen atoms in total. The van der Waals surface area contributed by atoms with Gasteiger partial charge in [0.15, 0.2) is 0 Å². The Kier molecular flexibility index (Phi) is 14.1. The Bertz CT molecular complexity index is 2070. The largest absolute Gasteiger partial charge is 0.508 e. The number of nitrogens with two attached hydrogens (primary N) is 2. The first-order valence-corrected chi connectivity index (χ1v) is 20.8. The van der Waals surface area contributed by atoms with Crippen LogP contribution in [0.1, 0.15) is 68.5 Å². The summed E-state index contributed by atoms with van der Waals surface area (Å²) in [5.41, 5.74) is 22.3. The van der Waals surface area contributed by atoms with E-state index in [2.05, 4.69) is 10.6 Å². The molecule has 2 aliphatic heterocycles. The molecular formula is C48H58N6O6. The van der Waals surface area contributed by atoms with Crippen molar-refractivity contribution in [3.05, 3.63) is 141 Å². The minimum absolute atomic E-state index is 0.165. The van der Waals surface area contributed by atoms with E-state index in [0.717, 1.165) is 55.6 Å². The van der Waals surface area contributed by atoms with E-state index in [-0.39, 0.29) is 61.1 Å². The van der Waals surface area contributed by atoms with Gasteiger partial charge in [0.2, 0.25) is 23.6 Å². The van der Waals surface area contributed by atoms with E-state index in [4.69, 9.17) is 11.5 Å². The molecule has 0 aliphatic carbocycles. The summed E-state index contributed by atoms with van der Waals surface area (Å²) < 4.78 is 0. The number of nitrogens with one attached hydrogen (secondary N) is 2. The number of hydrogen-bond donors (Lipinski definition) is 6. The summed E-state index contributed by atoms with van der Waals surface area (Å²) in [7, 11) is 0. The predicted octanol–water partition coefficient (Wildman–Crippen LogP) is 4.25. The van der Waals surface area contributed by atoms with Crippen molar-refractivity contribution in [1.82, 2.24) is 20.4 Å². The first kappa shape index (κ1) is 43.6. The fourth-order valence-electron chi connectivity index (χ4n) is 8.63. The van der Waals surface area contributed by atoms with Crippen molar-refractivity contribution < 1.29 is 29.4 Å². The maximum absolute atomic E-state index is 13.9. The zero-order valence-corrected chi connectivity index (χ0v) is 35.0. The number of carbonyl (C=O) groups excluding carboxylic acids is 4. The summed E-state index contributed by atoms with van der Waals surface area (Å²) in [6.45, 7) is 8.82. The van der Waals surface area contributed by atoms with Crippen molar-refractivity contribution in [1.29, 1.82) is 0 Å². The Hall–Kier alpha value is -5.98. The number of rotatable bonds is 14. The molecule has 0 aromatic heterocycles. The summed E-state index contributed by atoms with van der Waals surface area (Å²) in [5.74, 6) is -0.764. The van der Waals surface area contributed by atoms with Gasteiger partial charge in [0.25, 0.3) is 0 Å². The average Bonchev–Trinajstić information content (AvgIpc) is 3.22. The van der Waals surface area contributed by atoms with Crippen LogP contribution in [-0.4, -0.2) is 80.9 Å². The van der Waals surface area contributed by atoms with E-state index < -0.39 is 24.2 Å². The van der Waals surface area contributed by atoms with Crippen LogP contribution >= 0.6 is 0 Å². The molecule has 0 spiro atoms. The minimum atomic E-state index is -0.865. The summed E-state index contributed by atoms with van der Waals surface area (Å²) in [6, 6.07) is 19.1. The van der Waals surface area contributed by atoms with E-state index in [9.17, 15) is 29.4 Å². The van der Waals surface area contributed by atoms with Crippen LogP contribution in [0, 0.1) is 27.7 Å². The molecule has 0 saturated heterocycles. The van der Waals surface area contributed by atoms with E-state index in [1.165, 1.54) is 0 Å². The molecule has 0 fully saturated rings. The Labute approximate surface area is 352 Å². The van der Waals surface area contributed by atoms with Crippen molar-refractivity contribution in [2.75, 3.05) is 13.1 Å². The van der Waals surface area contributed by atoms with E-state index in [0.29, 0.717) is 38.8 Å². The molecule has 0 bridgehead atoms. The smallest absolute Gasteiger partial charge is 0.243 e. The van der Waals surface area contributed by atoms with Gasteiger partial charge in [-0.2, -0.15) is 0 Å². The molecular weight excluding hydrogens is 757 g/mol. The van der Waals surface area contributed by atoms with Gasteiger partial charge in [-0.25, -0.2) is 0 Å². The lowest BCUT2D eigenvalue weighted by atomic mass is 9.91. The fraction of sp³-hybridized carbons (Fsp3) is 0.375. The average molecular weight is 815 g/mol. The van der Waals surface area contributed by atoms with Gasteiger partial charge in [0.1, 0.15) is 23.6 Å². The van der Waals surface area contributed by atoms with Crippen molar-refractivity contribution in [3.63, 3.8) is 0 Å². The first-order valence-electron chi connectivity index (χ1n) is 20.8. The number of phenols is 2. The monoisotopic (exact) mass is 814 g/mol. The van der Waals surface area contributed by atoms with Crippen LogP contribution in [0.4, 0.5) is 0 Å². The van der Waals surface area contributed by atoms with Crippen LogP contribution in [-0.2, 0) is 58.0 Å². The Balaban J connectivity index is 1.01. The highest BCUT2D eigenvalue weighted by atomic mass is 16.3. The Morgan fingerprint density at radius 3 is 1.30 bits per heavy atom.